The van der Waals surface area contributed by atoms with Gasteiger partial charge in [0.25, 0.3) is 0 Å². The van der Waals surface area contributed by atoms with Crippen molar-refractivity contribution in [3.05, 3.63) is 0 Å². The Morgan fingerprint density at radius 3 is 0.384 bits per heavy atom. The molecule has 21 aliphatic rings. The summed E-state index contributed by atoms with van der Waals surface area (Å²) >= 11 is 9.77. The van der Waals surface area contributed by atoms with Gasteiger partial charge in [0.2, 0.25) is 0 Å². The van der Waals surface area contributed by atoms with Crippen molar-refractivity contribution < 1.29 is 138 Å². The summed E-state index contributed by atoms with van der Waals surface area (Å²) in [5, 5.41) is 173. The van der Waals surface area contributed by atoms with E-state index in [1.54, 1.807) is 0 Å². The Bertz CT molecular complexity index is 2070. The number of unbranched alkanes of at least 4 members (excludes halogenated alkanes) is 7. The predicted octanol–water partition coefficient (Wildman–Crippen LogP) is -4.87. The van der Waals surface area contributed by atoms with Gasteiger partial charge in [0.05, 0.1) is 42.7 Å². The highest BCUT2D eigenvalue weighted by Gasteiger charge is 2.60. The predicted molar refractivity (Wildman–Crippen MR) is 428 cm³/mol. The molecule has 0 unspecified atom stereocenters. The number of hydrogen-bond acceptors (Lipinski definition) is 42. The lowest BCUT2D eigenvalue weighted by Crippen LogP contribution is -2.68. The third kappa shape index (κ3) is 28.3. The number of ether oxygens (including phenoxy) is 14. The number of nitrogens with two attached hydrogens (primary N) is 7. The van der Waals surface area contributed by atoms with E-state index in [4.69, 9.17) is 106 Å². The normalized spacial score (nSPS) is 41.8. The zero-order chi connectivity index (χ0) is 80.8. The lowest BCUT2D eigenvalue weighted by atomic mass is 9.95. The second kappa shape index (κ2) is 52.6. The maximum absolute atomic E-state index is 12.4. The van der Waals surface area contributed by atoms with E-state index in [2.05, 4.69) is 0 Å². The van der Waals surface area contributed by atoms with E-state index in [1.807, 2.05) is 0 Å². The summed E-state index contributed by atoms with van der Waals surface area (Å²) < 4.78 is 91.7. The first-order valence-electron chi connectivity index (χ1n) is 39.8. The largest absolute Gasteiger partial charge is 0.387 e. The van der Waals surface area contributed by atoms with Crippen LogP contribution in [0.1, 0.15) is 89.9 Å². The molecular weight excluding hydrogens is 1610 g/mol. The molecule has 0 aliphatic carbocycles. The summed E-state index contributed by atoms with van der Waals surface area (Å²) in [4.78, 5) is 0. The number of aliphatic hydroxyl groups is 14. The van der Waals surface area contributed by atoms with Crippen molar-refractivity contribution in [2.24, 2.45) is 40.1 Å². The van der Waals surface area contributed by atoms with Crippen molar-refractivity contribution in [1.29, 1.82) is 0 Å². The molecule has 21 heterocycles. The SMILES string of the molecule is NCCCCSC[C@H]1O[C@H]2O[C@H]3[C@H](O)[C@@H](O)[C@H](O[C@H]4[C@H](O)[C@@H](O)[C@H](O[C@H]5[C@H](O)[C@@H](O)[C@H](O[C@H]6[C@H](O)[C@@H](O)[C@H](O[C@H]7[C@H](O)[C@@H](O)[C@H](O[C@H]8[C@H](O)[C@@H](O)[C@H](O[C@H]1[C@H](O)[C@H]2O)O[C@@H]8CSCCCCN)O[C@@H]7CSCCCCN)O[C@@H]6CSCCCCN)O[C@@H]5CSCCCCN)O[C@@H]4CSCCCCN)O[C@@H]3CSCCCCN. The molecule has 21 fully saturated rings. The molecule has 14 bridgehead atoms. The van der Waals surface area contributed by atoms with E-state index in [-0.39, 0.29) is 40.3 Å². The molecule has 112 heavy (non-hydrogen) atoms. The van der Waals surface area contributed by atoms with E-state index in [9.17, 15) is 71.5 Å². The maximum Gasteiger partial charge on any atom is 0.187 e. The highest BCUT2D eigenvalue weighted by Crippen LogP contribution is 2.42. The molecule has 0 amide bonds. The highest BCUT2D eigenvalue weighted by molar-refractivity contribution is 8.00. The van der Waals surface area contributed by atoms with Crippen LogP contribution in [-0.4, -0.2) is 413 Å². The Labute approximate surface area is 687 Å². The lowest BCUT2D eigenvalue weighted by molar-refractivity contribution is -0.389. The Morgan fingerprint density at radius 1 is 0.161 bits per heavy atom. The van der Waals surface area contributed by atoms with Crippen LogP contribution in [0.15, 0.2) is 0 Å². The molecular formula is C70H133N7O28S7. The van der Waals surface area contributed by atoms with Crippen molar-refractivity contribution >= 4 is 82.3 Å². The molecule has 28 N–H and O–H groups in total. The molecule has 658 valence electrons. The third-order valence-electron chi connectivity index (χ3n) is 20.7. The standard InChI is InChI=1S/C70H133N7O28S7/c71-15-1-8-22-106-29-36-57-43(78)50(85)64(92-36)100-58-37(30-107-23-9-2-16-72)94-66(52(87)45(58)80)102-60-39(32-109-25-11-4-18-74)96-68(54(89)47(60)82)104-62-41(34-111-27-13-6-20-76)98-70(56(91)49(62)84)105-63-42(35-112-28-14-7-21-77)97-69(55(90)48(63)83)103-61-40(33-110-26-12-5-19-75)95-67(53(88)46(61)81)101-59-38(31-108-24-10-3-17-73)93-65(99-57)51(86)44(59)79/h36-70,78-91H,1-35,71-77H2/t36-,37-,38-,39-,40-,41-,42-,43-,44-,45-,46-,47-,48-,49-,50-,51-,52-,53-,54-,55-,56-,57-,58-,59-,60-,61-,62-,63-,64+,65+,66+,67+,68+,69+,70+/m1/s1. The second-order valence-electron chi connectivity index (χ2n) is 29.4. The van der Waals surface area contributed by atoms with E-state index in [1.165, 1.54) is 82.3 Å². The molecule has 42 heteroatoms. The average Bonchev–Trinajstić information content (AvgIpc) is 0.778. The van der Waals surface area contributed by atoms with Gasteiger partial charge in [-0.1, -0.05) is 0 Å². The fourth-order valence-corrected chi connectivity index (χ4v) is 21.7. The van der Waals surface area contributed by atoms with Crippen LogP contribution in [0.5, 0.6) is 0 Å². The van der Waals surface area contributed by atoms with Crippen molar-refractivity contribution in [3.63, 3.8) is 0 Å². The molecule has 0 aromatic rings. The highest BCUT2D eigenvalue weighted by atomic mass is 32.2. The average molecular weight is 1750 g/mol. The fraction of sp³-hybridized carbons (Fsp3) is 1.00. The van der Waals surface area contributed by atoms with Gasteiger partial charge in [0.15, 0.2) is 44.0 Å². The Morgan fingerprint density at radius 2 is 0.277 bits per heavy atom. The van der Waals surface area contributed by atoms with Crippen molar-refractivity contribution in [1.82, 2.24) is 0 Å². The molecule has 21 rings (SSSR count). The van der Waals surface area contributed by atoms with Crippen LogP contribution in [0.3, 0.4) is 0 Å². The van der Waals surface area contributed by atoms with E-state index in [0.29, 0.717) is 176 Å². The molecule has 0 aromatic carbocycles. The fourth-order valence-electron chi connectivity index (χ4n) is 14.2. The lowest BCUT2D eigenvalue weighted by Gasteiger charge is -2.50. The first kappa shape index (κ1) is 98.5. The summed E-state index contributed by atoms with van der Waals surface area (Å²) in [5.41, 5.74) is 41.0. The molecule has 0 radical (unpaired) electrons. The number of aliphatic hydroxyl groups excluding tert-OH is 14. The van der Waals surface area contributed by atoms with E-state index in [0.717, 1.165) is 0 Å². The quantitative estimate of drug-likeness (QED) is 0.0255. The monoisotopic (exact) mass is 1740 g/mol. The molecule has 0 aromatic heterocycles. The topological polar surface area (TPSA) is 595 Å². The van der Waals surface area contributed by atoms with Gasteiger partial charge >= 0.3 is 0 Å². The van der Waals surface area contributed by atoms with Gasteiger partial charge in [-0.15, -0.1) is 0 Å². The minimum Gasteiger partial charge on any atom is -0.387 e. The molecule has 21 aliphatic heterocycles. The molecule has 0 saturated carbocycles. The Kier molecular flexibility index (Phi) is 46.3. The first-order chi connectivity index (χ1) is 54.2. The van der Waals surface area contributed by atoms with Gasteiger partial charge in [-0.3, -0.25) is 0 Å². The van der Waals surface area contributed by atoms with Gasteiger partial charge in [0, 0.05) is 40.3 Å². The maximum atomic E-state index is 12.4. The number of thioether (sulfide) groups is 7. The molecule has 21 saturated heterocycles. The van der Waals surface area contributed by atoms with Gasteiger partial charge in [-0.05, 0) is 176 Å². The Balaban J connectivity index is 1.20. The summed E-state index contributed by atoms with van der Waals surface area (Å²) in [6.45, 7) is 2.94. The van der Waals surface area contributed by atoms with Crippen molar-refractivity contribution in [3.8, 4) is 0 Å². The molecule has 35 nitrogen and oxygen atoms in total. The van der Waals surface area contributed by atoms with Crippen LogP contribution in [0, 0.1) is 0 Å². The van der Waals surface area contributed by atoms with E-state index >= 15 is 0 Å². The zero-order valence-corrected chi connectivity index (χ0v) is 69.5. The van der Waals surface area contributed by atoms with Gasteiger partial charge in [-0.2, -0.15) is 82.3 Å². The van der Waals surface area contributed by atoms with Crippen LogP contribution < -0.4 is 40.1 Å². The van der Waals surface area contributed by atoms with Crippen LogP contribution in [0.25, 0.3) is 0 Å². The minimum atomic E-state index is -1.99. The summed E-state index contributed by atoms with van der Waals surface area (Å²) in [6, 6.07) is 0. The first-order valence-corrected chi connectivity index (χ1v) is 47.9. The van der Waals surface area contributed by atoms with Crippen LogP contribution in [0.4, 0.5) is 0 Å². The minimum absolute atomic E-state index is 0.0643. The second-order valence-corrected chi connectivity index (χ2v) is 37.4. The van der Waals surface area contributed by atoms with Gasteiger partial charge < -0.3 is 178 Å². The van der Waals surface area contributed by atoms with Crippen LogP contribution >= 0.6 is 82.3 Å². The van der Waals surface area contributed by atoms with Crippen LogP contribution in [-0.2, 0) is 66.3 Å². The van der Waals surface area contributed by atoms with Gasteiger partial charge in [0.1, 0.15) is 128 Å². The summed E-state index contributed by atoms with van der Waals surface area (Å²) in [6.07, 6.45) is -49.4. The number of hydrogen-bond donors (Lipinski definition) is 21. The van der Waals surface area contributed by atoms with E-state index < -0.39 is 215 Å². The van der Waals surface area contributed by atoms with Crippen molar-refractivity contribution in [2.75, 3.05) is 126 Å². The number of rotatable bonds is 42. The molecule has 0 spiro atoms. The smallest absolute Gasteiger partial charge is 0.187 e. The Hall–Kier alpha value is 1.05. The summed E-state index contributed by atoms with van der Waals surface area (Å²) in [7, 11) is 0. The van der Waals surface area contributed by atoms with Crippen molar-refractivity contribution in [2.45, 2.75) is 305 Å². The molecule has 35 atom stereocenters. The van der Waals surface area contributed by atoms with Gasteiger partial charge in [-0.25, -0.2) is 0 Å². The third-order valence-corrected chi connectivity index (χ3v) is 28.7. The summed E-state index contributed by atoms with van der Waals surface area (Å²) in [5.74, 6) is 4.33. The van der Waals surface area contributed by atoms with Crippen LogP contribution in [0.2, 0.25) is 0 Å². The zero-order valence-electron chi connectivity index (χ0n) is 63.8.